The normalized spacial score (nSPS) is 17.0. The van der Waals surface area contributed by atoms with Gasteiger partial charge in [-0.1, -0.05) is 12.1 Å². The lowest BCUT2D eigenvalue weighted by Gasteiger charge is -2.22. The van der Waals surface area contributed by atoms with Crippen LogP contribution in [-0.4, -0.2) is 39.3 Å². The number of hydrogen-bond donors (Lipinski definition) is 2. The second kappa shape index (κ2) is 11.3. The Morgan fingerprint density at radius 3 is 2.92 bits per heavy atom. The number of methoxy groups -OCH3 is 1. The first kappa shape index (κ1) is 20.7. The Bertz CT molecular complexity index is 505. The summed E-state index contributed by atoms with van der Waals surface area (Å²) in [5.41, 5.74) is 2.17. The highest BCUT2D eigenvalue weighted by molar-refractivity contribution is 5.85. The standard InChI is InChI=1S/C18H28N2O3.ClH/c1-14-6-7-15(17(11-14)23-10-4-9-22-2)13-20-18(21)16-5-3-8-19-12-16;/h6-7,11,16,19H,3-5,8-10,12-13H2,1-2H3,(H,20,21);1H. The van der Waals surface area contributed by atoms with Gasteiger partial charge < -0.3 is 20.1 Å². The smallest absolute Gasteiger partial charge is 0.224 e. The predicted molar refractivity (Wildman–Crippen MR) is 97.9 cm³/mol. The van der Waals surface area contributed by atoms with E-state index < -0.39 is 0 Å². The molecule has 136 valence electrons. The van der Waals surface area contributed by atoms with E-state index in [1.54, 1.807) is 7.11 Å². The Kier molecular flexibility index (Phi) is 9.76. The molecule has 1 saturated heterocycles. The van der Waals surface area contributed by atoms with Gasteiger partial charge in [0.2, 0.25) is 5.91 Å². The molecule has 6 heteroatoms. The van der Waals surface area contributed by atoms with E-state index in [1.807, 2.05) is 25.1 Å². The maximum Gasteiger partial charge on any atom is 0.224 e. The van der Waals surface area contributed by atoms with Crippen molar-refractivity contribution < 1.29 is 14.3 Å². The Morgan fingerprint density at radius 1 is 1.38 bits per heavy atom. The molecule has 0 radical (unpaired) electrons. The van der Waals surface area contributed by atoms with Gasteiger partial charge in [-0.3, -0.25) is 4.79 Å². The molecule has 5 nitrogen and oxygen atoms in total. The lowest BCUT2D eigenvalue weighted by molar-refractivity contribution is -0.125. The zero-order valence-electron chi connectivity index (χ0n) is 14.6. The maximum atomic E-state index is 12.2. The van der Waals surface area contributed by atoms with Crippen molar-refractivity contribution in [3.63, 3.8) is 0 Å². The average Bonchev–Trinajstić information content (AvgIpc) is 2.58. The van der Waals surface area contributed by atoms with Crippen LogP contribution < -0.4 is 15.4 Å². The summed E-state index contributed by atoms with van der Waals surface area (Å²) in [4.78, 5) is 12.2. The lowest BCUT2D eigenvalue weighted by Crippen LogP contribution is -2.40. The molecule has 1 unspecified atom stereocenters. The molecule has 0 aromatic heterocycles. The SMILES string of the molecule is COCCCOc1cc(C)ccc1CNC(=O)C1CCCNC1.Cl. The van der Waals surface area contributed by atoms with Crippen LogP contribution in [0.1, 0.15) is 30.4 Å². The third kappa shape index (κ3) is 6.67. The third-order valence-electron chi connectivity index (χ3n) is 4.09. The fourth-order valence-corrected chi connectivity index (χ4v) is 2.73. The van der Waals surface area contributed by atoms with Crippen LogP contribution in [0.3, 0.4) is 0 Å². The number of carbonyl (C=O) groups excluding carboxylic acids is 1. The number of benzene rings is 1. The van der Waals surface area contributed by atoms with Crippen LogP contribution in [0, 0.1) is 12.8 Å². The van der Waals surface area contributed by atoms with Crippen LogP contribution >= 0.6 is 12.4 Å². The summed E-state index contributed by atoms with van der Waals surface area (Å²) in [5, 5.41) is 6.32. The monoisotopic (exact) mass is 356 g/mol. The number of hydrogen-bond acceptors (Lipinski definition) is 4. The minimum absolute atomic E-state index is 0. The summed E-state index contributed by atoms with van der Waals surface area (Å²) in [6, 6.07) is 6.10. The molecule has 1 amide bonds. The first-order valence-electron chi connectivity index (χ1n) is 8.40. The van der Waals surface area contributed by atoms with Crippen LogP contribution in [0.4, 0.5) is 0 Å². The molecule has 1 heterocycles. The van der Waals surface area contributed by atoms with Crippen molar-refractivity contribution in [1.29, 1.82) is 0 Å². The molecule has 1 aromatic rings. The molecule has 0 bridgehead atoms. The lowest BCUT2D eigenvalue weighted by atomic mass is 9.99. The number of amides is 1. The van der Waals surface area contributed by atoms with Gasteiger partial charge in [0.1, 0.15) is 5.75 Å². The van der Waals surface area contributed by atoms with E-state index in [2.05, 4.69) is 10.6 Å². The number of nitrogens with one attached hydrogen (secondary N) is 2. The largest absolute Gasteiger partial charge is 0.493 e. The molecule has 0 aliphatic carbocycles. The van der Waals surface area contributed by atoms with Gasteiger partial charge in [0.25, 0.3) is 0 Å². The van der Waals surface area contributed by atoms with E-state index in [1.165, 1.54) is 0 Å². The van der Waals surface area contributed by atoms with E-state index in [4.69, 9.17) is 9.47 Å². The van der Waals surface area contributed by atoms with Crippen LogP contribution in [-0.2, 0) is 16.1 Å². The maximum absolute atomic E-state index is 12.2. The Labute approximate surface area is 150 Å². The van der Waals surface area contributed by atoms with Gasteiger partial charge in [-0.05, 0) is 37.9 Å². The van der Waals surface area contributed by atoms with E-state index >= 15 is 0 Å². The highest BCUT2D eigenvalue weighted by Crippen LogP contribution is 2.21. The molecule has 24 heavy (non-hydrogen) atoms. The Balaban J connectivity index is 0.00000288. The number of rotatable bonds is 8. The Hall–Kier alpha value is -1.30. The summed E-state index contributed by atoms with van der Waals surface area (Å²) in [6.45, 7) is 5.64. The highest BCUT2D eigenvalue weighted by Gasteiger charge is 2.20. The van der Waals surface area contributed by atoms with E-state index in [0.717, 1.165) is 49.2 Å². The van der Waals surface area contributed by atoms with Crippen LogP contribution in [0.25, 0.3) is 0 Å². The first-order valence-corrected chi connectivity index (χ1v) is 8.40. The van der Waals surface area contributed by atoms with Gasteiger partial charge in [0.15, 0.2) is 0 Å². The van der Waals surface area contributed by atoms with Crippen molar-refractivity contribution >= 4 is 18.3 Å². The quantitative estimate of drug-likeness (QED) is 0.702. The molecule has 1 fully saturated rings. The summed E-state index contributed by atoms with van der Waals surface area (Å²) in [7, 11) is 1.69. The molecule has 1 atom stereocenters. The number of ether oxygens (including phenoxy) is 2. The molecular weight excluding hydrogens is 328 g/mol. The Morgan fingerprint density at radius 2 is 2.21 bits per heavy atom. The van der Waals surface area contributed by atoms with E-state index in [9.17, 15) is 4.79 Å². The molecule has 0 saturated carbocycles. The molecule has 2 rings (SSSR count). The van der Waals surface area contributed by atoms with Gasteiger partial charge in [0.05, 0.1) is 12.5 Å². The van der Waals surface area contributed by atoms with Crippen molar-refractivity contribution in [3.8, 4) is 5.75 Å². The molecule has 0 spiro atoms. The van der Waals surface area contributed by atoms with Crippen LogP contribution in [0.2, 0.25) is 0 Å². The molecule has 1 aliphatic rings. The van der Waals surface area contributed by atoms with Crippen molar-refractivity contribution in [2.24, 2.45) is 5.92 Å². The fraction of sp³-hybridized carbons (Fsp3) is 0.611. The minimum Gasteiger partial charge on any atom is -0.493 e. The van der Waals surface area contributed by atoms with Gasteiger partial charge in [-0.15, -0.1) is 12.4 Å². The van der Waals surface area contributed by atoms with Crippen molar-refractivity contribution in [2.75, 3.05) is 33.4 Å². The molecule has 2 N–H and O–H groups in total. The number of carbonyl (C=O) groups is 1. The van der Waals surface area contributed by atoms with Crippen LogP contribution in [0.5, 0.6) is 5.75 Å². The highest BCUT2D eigenvalue weighted by atomic mass is 35.5. The topological polar surface area (TPSA) is 59.6 Å². The van der Waals surface area contributed by atoms with Gasteiger partial charge in [-0.2, -0.15) is 0 Å². The van der Waals surface area contributed by atoms with E-state index in [0.29, 0.717) is 19.8 Å². The van der Waals surface area contributed by atoms with Crippen molar-refractivity contribution in [3.05, 3.63) is 29.3 Å². The van der Waals surface area contributed by atoms with Crippen molar-refractivity contribution in [1.82, 2.24) is 10.6 Å². The summed E-state index contributed by atoms with van der Waals surface area (Å²) in [6.07, 6.45) is 2.88. The first-order chi connectivity index (χ1) is 11.2. The molecule has 1 aromatic carbocycles. The summed E-state index contributed by atoms with van der Waals surface area (Å²) >= 11 is 0. The van der Waals surface area contributed by atoms with E-state index in [-0.39, 0.29) is 24.2 Å². The predicted octanol–water partition coefficient (Wildman–Crippen LogP) is 2.45. The number of halogens is 1. The summed E-state index contributed by atoms with van der Waals surface area (Å²) in [5.74, 6) is 1.06. The number of piperidine rings is 1. The molecular formula is C18H29ClN2O3. The fourth-order valence-electron chi connectivity index (χ4n) is 2.73. The number of aryl methyl sites for hydroxylation is 1. The third-order valence-corrected chi connectivity index (χ3v) is 4.09. The minimum atomic E-state index is 0. The van der Waals surface area contributed by atoms with Crippen molar-refractivity contribution in [2.45, 2.75) is 32.7 Å². The zero-order valence-corrected chi connectivity index (χ0v) is 15.4. The zero-order chi connectivity index (χ0) is 16.5. The van der Waals surface area contributed by atoms with Gasteiger partial charge in [0, 0.05) is 38.8 Å². The average molecular weight is 357 g/mol. The second-order valence-electron chi connectivity index (χ2n) is 6.07. The summed E-state index contributed by atoms with van der Waals surface area (Å²) < 4.78 is 10.9. The molecule has 1 aliphatic heterocycles. The van der Waals surface area contributed by atoms with Gasteiger partial charge in [-0.25, -0.2) is 0 Å². The van der Waals surface area contributed by atoms with Gasteiger partial charge >= 0.3 is 0 Å². The second-order valence-corrected chi connectivity index (χ2v) is 6.07. The van der Waals surface area contributed by atoms with Crippen LogP contribution in [0.15, 0.2) is 18.2 Å².